The summed E-state index contributed by atoms with van der Waals surface area (Å²) in [6.45, 7) is 3.88. The molecule has 1 amide bonds. The predicted octanol–water partition coefficient (Wildman–Crippen LogP) is 0.111. The van der Waals surface area contributed by atoms with Gasteiger partial charge < -0.3 is 14.4 Å². The van der Waals surface area contributed by atoms with Gasteiger partial charge >= 0.3 is 0 Å². The first kappa shape index (κ1) is 17.1. The van der Waals surface area contributed by atoms with Crippen LogP contribution >= 0.6 is 0 Å². The molecule has 1 unspecified atom stereocenters. The number of methoxy groups -OCH3 is 1. The number of anilines is 1. The van der Waals surface area contributed by atoms with Crippen LogP contribution in [-0.4, -0.2) is 50.4 Å². The number of fused-ring (bicyclic) bond motifs is 1. The van der Waals surface area contributed by atoms with Gasteiger partial charge in [0.15, 0.2) is 11.2 Å². The van der Waals surface area contributed by atoms with E-state index in [1.165, 1.54) is 13.4 Å². The summed E-state index contributed by atoms with van der Waals surface area (Å²) in [6, 6.07) is 0. The van der Waals surface area contributed by atoms with Gasteiger partial charge in [-0.05, 0) is 6.42 Å². The van der Waals surface area contributed by atoms with E-state index in [9.17, 15) is 9.59 Å². The molecule has 9 heteroatoms. The maximum atomic E-state index is 12.0. The molecule has 2 aromatic rings. The normalized spacial score (nSPS) is 12.7. The Morgan fingerprint density at radius 2 is 2.26 bits per heavy atom. The number of aromatic amines is 1. The first-order chi connectivity index (χ1) is 11.0. The van der Waals surface area contributed by atoms with E-state index in [0.29, 0.717) is 18.6 Å². The molecule has 9 nitrogen and oxygen atoms in total. The first-order valence-corrected chi connectivity index (χ1v) is 7.36. The zero-order valence-electron chi connectivity index (χ0n) is 13.4. The number of amides is 1. The first-order valence-electron chi connectivity index (χ1n) is 7.36. The molecule has 2 aromatic heterocycles. The highest BCUT2D eigenvalue weighted by Gasteiger charge is 2.14. The second-order valence-corrected chi connectivity index (χ2v) is 5.50. The number of carbonyl (C=O) groups is 1. The Morgan fingerprint density at radius 3 is 2.87 bits per heavy atom. The molecule has 0 saturated carbocycles. The third kappa shape index (κ3) is 3.93. The number of nitrogens with one attached hydrogen (secondary N) is 2. The fourth-order valence-electron chi connectivity index (χ4n) is 2.00. The number of hydrogen-bond donors (Lipinski definition) is 3. The minimum absolute atomic E-state index is 0.0904. The standard InChI is InChI=1S/C14H21N5O4/c1-8(2)12(21)17-14-16-11-10(13(22)18-14)15-7-19(11)5-4-9(6-20)23-3/h7-9,20H,4-6H2,1-3H3,(H2,16,17,18,21,22). The van der Waals surface area contributed by atoms with Crippen molar-refractivity contribution in [1.82, 2.24) is 19.5 Å². The van der Waals surface area contributed by atoms with Crippen molar-refractivity contribution in [2.45, 2.75) is 32.9 Å². The van der Waals surface area contributed by atoms with Crippen molar-refractivity contribution in [2.24, 2.45) is 5.92 Å². The average molecular weight is 323 g/mol. The van der Waals surface area contributed by atoms with E-state index >= 15 is 0 Å². The van der Waals surface area contributed by atoms with E-state index in [1.54, 1.807) is 18.4 Å². The molecule has 3 N–H and O–H groups in total. The number of ether oxygens (including phenoxy) is 1. The molecule has 2 heterocycles. The summed E-state index contributed by atoms with van der Waals surface area (Å²) in [5.41, 5.74) is 0.157. The summed E-state index contributed by atoms with van der Waals surface area (Å²) in [5, 5.41) is 11.7. The zero-order valence-corrected chi connectivity index (χ0v) is 13.4. The molecule has 0 aliphatic rings. The second kappa shape index (κ2) is 7.34. The third-order valence-electron chi connectivity index (χ3n) is 3.47. The Morgan fingerprint density at radius 1 is 1.52 bits per heavy atom. The average Bonchev–Trinajstić information content (AvgIpc) is 2.92. The molecule has 0 aliphatic carbocycles. The highest BCUT2D eigenvalue weighted by Crippen LogP contribution is 2.10. The smallest absolute Gasteiger partial charge is 0.280 e. The maximum Gasteiger partial charge on any atom is 0.280 e. The van der Waals surface area contributed by atoms with Crippen LogP contribution in [0.15, 0.2) is 11.1 Å². The Kier molecular flexibility index (Phi) is 5.45. The summed E-state index contributed by atoms with van der Waals surface area (Å²) in [6.07, 6.45) is 1.75. The van der Waals surface area contributed by atoms with Gasteiger partial charge in [-0.1, -0.05) is 13.8 Å². The summed E-state index contributed by atoms with van der Waals surface area (Å²) >= 11 is 0. The predicted molar refractivity (Wildman–Crippen MR) is 84.1 cm³/mol. The van der Waals surface area contributed by atoms with Crippen molar-refractivity contribution >= 4 is 23.0 Å². The van der Waals surface area contributed by atoms with E-state index in [0.717, 1.165) is 0 Å². The van der Waals surface area contributed by atoms with Crippen LogP contribution in [0.3, 0.4) is 0 Å². The quantitative estimate of drug-likeness (QED) is 0.665. The van der Waals surface area contributed by atoms with Crippen LogP contribution in [0, 0.1) is 5.92 Å². The van der Waals surface area contributed by atoms with E-state index < -0.39 is 5.56 Å². The SMILES string of the molecule is COC(CO)CCn1cnc2c(=O)[nH]c(NC(=O)C(C)C)nc21. The lowest BCUT2D eigenvalue weighted by Crippen LogP contribution is -2.22. The van der Waals surface area contributed by atoms with Gasteiger partial charge in [-0.2, -0.15) is 4.98 Å². The van der Waals surface area contributed by atoms with E-state index in [-0.39, 0.29) is 36.0 Å². The number of rotatable bonds is 7. The number of aliphatic hydroxyl groups excluding tert-OH is 1. The molecule has 0 saturated heterocycles. The zero-order chi connectivity index (χ0) is 17.0. The Hall–Kier alpha value is -2.26. The molecule has 126 valence electrons. The molecule has 2 rings (SSSR count). The van der Waals surface area contributed by atoms with Gasteiger partial charge in [-0.15, -0.1) is 0 Å². The monoisotopic (exact) mass is 323 g/mol. The fourth-order valence-corrected chi connectivity index (χ4v) is 2.00. The number of aromatic nitrogens is 4. The Bertz CT molecular complexity index is 732. The summed E-state index contributed by atoms with van der Waals surface area (Å²) in [4.78, 5) is 34.6. The molecule has 0 spiro atoms. The van der Waals surface area contributed by atoms with Crippen molar-refractivity contribution in [3.63, 3.8) is 0 Å². The minimum atomic E-state index is -0.418. The van der Waals surface area contributed by atoms with Gasteiger partial charge in [0.2, 0.25) is 11.9 Å². The van der Waals surface area contributed by atoms with Crippen LogP contribution in [0.4, 0.5) is 5.95 Å². The van der Waals surface area contributed by atoms with Crippen LogP contribution in [-0.2, 0) is 16.1 Å². The van der Waals surface area contributed by atoms with E-state index in [2.05, 4.69) is 20.3 Å². The van der Waals surface area contributed by atoms with Crippen molar-refractivity contribution in [1.29, 1.82) is 0 Å². The lowest BCUT2D eigenvalue weighted by Gasteiger charge is -2.12. The van der Waals surface area contributed by atoms with Crippen molar-refractivity contribution < 1.29 is 14.6 Å². The highest BCUT2D eigenvalue weighted by molar-refractivity contribution is 5.91. The van der Waals surface area contributed by atoms with Crippen LogP contribution in [0.1, 0.15) is 20.3 Å². The van der Waals surface area contributed by atoms with Gasteiger partial charge in [0.1, 0.15) is 0 Å². The van der Waals surface area contributed by atoms with Crippen LogP contribution in [0.2, 0.25) is 0 Å². The molecule has 23 heavy (non-hydrogen) atoms. The maximum absolute atomic E-state index is 12.0. The Balaban J connectivity index is 2.28. The Labute approximate surface area is 132 Å². The van der Waals surface area contributed by atoms with Crippen molar-refractivity contribution in [3.8, 4) is 0 Å². The summed E-state index contributed by atoms with van der Waals surface area (Å²) < 4.78 is 6.80. The van der Waals surface area contributed by atoms with Crippen LogP contribution in [0.5, 0.6) is 0 Å². The summed E-state index contributed by atoms with van der Waals surface area (Å²) in [7, 11) is 1.52. The third-order valence-corrected chi connectivity index (χ3v) is 3.47. The fraction of sp³-hybridized carbons (Fsp3) is 0.571. The number of hydrogen-bond acceptors (Lipinski definition) is 6. The van der Waals surface area contributed by atoms with Gasteiger partial charge in [0, 0.05) is 19.6 Å². The highest BCUT2D eigenvalue weighted by atomic mass is 16.5. The number of nitrogens with zero attached hydrogens (tertiary/aromatic N) is 3. The topological polar surface area (TPSA) is 122 Å². The molecule has 0 radical (unpaired) electrons. The van der Waals surface area contributed by atoms with E-state index in [4.69, 9.17) is 9.84 Å². The minimum Gasteiger partial charge on any atom is -0.394 e. The van der Waals surface area contributed by atoms with Gasteiger partial charge in [0.25, 0.3) is 5.56 Å². The van der Waals surface area contributed by atoms with Crippen LogP contribution in [0.25, 0.3) is 11.2 Å². The molecular formula is C14H21N5O4. The molecular weight excluding hydrogens is 302 g/mol. The largest absolute Gasteiger partial charge is 0.394 e. The number of aryl methyl sites for hydroxylation is 1. The lowest BCUT2D eigenvalue weighted by atomic mass is 10.2. The number of aliphatic hydroxyl groups is 1. The summed E-state index contributed by atoms with van der Waals surface area (Å²) in [5.74, 6) is -0.375. The van der Waals surface area contributed by atoms with Gasteiger partial charge in [-0.25, -0.2) is 4.98 Å². The number of imidazole rings is 1. The van der Waals surface area contributed by atoms with Crippen LogP contribution < -0.4 is 10.9 Å². The number of carbonyl (C=O) groups excluding carboxylic acids is 1. The lowest BCUT2D eigenvalue weighted by molar-refractivity contribution is -0.118. The molecule has 0 aromatic carbocycles. The molecule has 0 fully saturated rings. The molecule has 0 aliphatic heterocycles. The van der Waals surface area contributed by atoms with Crippen molar-refractivity contribution in [3.05, 3.63) is 16.7 Å². The molecule has 1 atom stereocenters. The van der Waals surface area contributed by atoms with Crippen molar-refractivity contribution in [2.75, 3.05) is 19.0 Å². The van der Waals surface area contributed by atoms with E-state index in [1.807, 2.05) is 0 Å². The van der Waals surface area contributed by atoms with Gasteiger partial charge in [0.05, 0.1) is 19.0 Å². The number of H-pyrrole nitrogens is 1. The second-order valence-electron chi connectivity index (χ2n) is 5.50. The molecule has 0 bridgehead atoms. The van der Waals surface area contributed by atoms with Gasteiger partial charge in [-0.3, -0.25) is 19.9 Å².